The third-order valence-corrected chi connectivity index (χ3v) is 2.86. The molecule has 1 aromatic carbocycles. The highest BCUT2D eigenvalue weighted by molar-refractivity contribution is 7.86. The second-order valence-electron chi connectivity index (χ2n) is 4.19. The van der Waals surface area contributed by atoms with E-state index >= 15 is 0 Å². The van der Waals surface area contributed by atoms with E-state index in [4.69, 9.17) is 5.11 Å². The summed E-state index contributed by atoms with van der Waals surface area (Å²) in [5, 5.41) is 11.6. The van der Waals surface area contributed by atoms with Crippen LogP contribution in [0.5, 0.6) is 5.75 Å². The number of carboxylic acid groups (broad SMARTS) is 1. The molecule has 1 aromatic rings. The van der Waals surface area contributed by atoms with Crippen molar-refractivity contribution in [3.8, 4) is 5.75 Å². The van der Waals surface area contributed by atoms with Crippen LogP contribution in [0.3, 0.4) is 0 Å². The fourth-order valence-corrected chi connectivity index (χ4v) is 2.00. The molecule has 8 heteroatoms. The summed E-state index contributed by atoms with van der Waals surface area (Å²) in [5.74, 6) is -2.43. The fourth-order valence-electron chi connectivity index (χ4n) is 1.55. The van der Waals surface area contributed by atoms with Gasteiger partial charge in [0.25, 0.3) is 0 Å². The van der Waals surface area contributed by atoms with E-state index < -0.39 is 22.0 Å². The molecule has 0 aliphatic heterocycles. The molecule has 7 nitrogen and oxygen atoms in total. The van der Waals surface area contributed by atoms with Crippen LogP contribution in [0.15, 0.2) is 24.3 Å². The number of carboxylic acids is 1. The van der Waals surface area contributed by atoms with E-state index in [0.29, 0.717) is 5.56 Å². The molecule has 1 atom stereocenters. The first-order valence-electron chi connectivity index (χ1n) is 5.65. The zero-order valence-electron chi connectivity index (χ0n) is 11.0. The van der Waals surface area contributed by atoms with Gasteiger partial charge in [-0.15, -0.1) is 0 Å². The van der Waals surface area contributed by atoms with E-state index in [0.717, 1.165) is 6.26 Å². The number of rotatable bonds is 6. The Morgan fingerprint density at radius 1 is 1.40 bits per heavy atom. The number of carbonyl (C=O) groups excluding carboxylic acids is 1. The molecule has 1 rings (SSSR count). The van der Waals surface area contributed by atoms with Crippen LogP contribution in [0.25, 0.3) is 0 Å². The molecule has 2 N–H and O–H groups in total. The second kappa shape index (κ2) is 6.38. The van der Waals surface area contributed by atoms with Crippen LogP contribution in [0.4, 0.5) is 0 Å². The molecular weight excluding hydrogens is 286 g/mol. The molecule has 0 fully saturated rings. The van der Waals surface area contributed by atoms with Gasteiger partial charge in [0, 0.05) is 13.5 Å². The topological polar surface area (TPSA) is 110 Å². The number of amides is 1. The van der Waals surface area contributed by atoms with Gasteiger partial charge < -0.3 is 14.6 Å². The zero-order valence-corrected chi connectivity index (χ0v) is 11.8. The summed E-state index contributed by atoms with van der Waals surface area (Å²) in [5.41, 5.74) is 0.340. The normalized spacial score (nSPS) is 12.5. The third kappa shape index (κ3) is 5.27. The first-order chi connectivity index (χ1) is 9.19. The standard InChI is InChI=1S/C12H15NO6S/c1-8(14)13-7-11(12(15)16)9-4-3-5-10(6-9)19-20(2,17)18/h3-6,11H,7H2,1-2H3,(H,13,14)(H,15,16). The van der Waals surface area contributed by atoms with Gasteiger partial charge in [-0.25, -0.2) is 0 Å². The number of hydrogen-bond acceptors (Lipinski definition) is 5. The minimum Gasteiger partial charge on any atom is -0.481 e. The molecule has 0 aromatic heterocycles. The van der Waals surface area contributed by atoms with Gasteiger partial charge in [0.15, 0.2) is 0 Å². The molecule has 0 aliphatic carbocycles. The summed E-state index contributed by atoms with van der Waals surface area (Å²) in [6.07, 6.45) is 0.895. The van der Waals surface area contributed by atoms with Crippen molar-refractivity contribution in [2.24, 2.45) is 0 Å². The Bertz CT molecular complexity index is 610. The first-order valence-corrected chi connectivity index (χ1v) is 7.47. The van der Waals surface area contributed by atoms with E-state index in [1.165, 1.54) is 31.2 Å². The van der Waals surface area contributed by atoms with Gasteiger partial charge in [0.1, 0.15) is 5.75 Å². The van der Waals surface area contributed by atoms with Gasteiger partial charge in [0.05, 0.1) is 12.2 Å². The van der Waals surface area contributed by atoms with Gasteiger partial charge >= 0.3 is 16.1 Å². The van der Waals surface area contributed by atoms with Gasteiger partial charge in [-0.1, -0.05) is 12.1 Å². The Labute approximate surface area is 116 Å². The quantitative estimate of drug-likeness (QED) is 0.733. The van der Waals surface area contributed by atoms with E-state index in [1.54, 1.807) is 0 Å². The highest BCUT2D eigenvalue weighted by Crippen LogP contribution is 2.22. The maximum Gasteiger partial charge on any atom is 0.312 e. The summed E-state index contributed by atoms with van der Waals surface area (Å²) < 4.78 is 26.8. The summed E-state index contributed by atoms with van der Waals surface area (Å²) in [4.78, 5) is 22.0. The largest absolute Gasteiger partial charge is 0.481 e. The fraction of sp³-hybridized carbons (Fsp3) is 0.333. The summed E-state index contributed by atoms with van der Waals surface area (Å²) in [6, 6.07) is 5.73. The first kappa shape index (κ1) is 16.0. The molecule has 0 bridgehead atoms. The lowest BCUT2D eigenvalue weighted by molar-refractivity contribution is -0.138. The van der Waals surface area contributed by atoms with Gasteiger partial charge in [0.2, 0.25) is 5.91 Å². The highest BCUT2D eigenvalue weighted by atomic mass is 32.2. The molecule has 110 valence electrons. The van der Waals surface area contributed by atoms with Crippen molar-refractivity contribution in [2.75, 3.05) is 12.8 Å². The predicted molar refractivity (Wildman–Crippen MR) is 71.0 cm³/mol. The summed E-state index contributed by atoms with van der Waals surface area (Å²) in [6.45, 7) is 1.19. The number of benzene rings is 1. The Morgan fingerprint density at radius 2 is 2.05 bits per heavy atom. The smallest absolute Gasteiger partial charge is 0.312 e. The highest BCUT2D eigenvalue weighted by Gasteiger charge is 2.21. The Hall–Kier alpha value is -2.09. The van der Waals surface area contributed by atoms with Crippen LogP contribution in [0.2, 0.25) is 0 Å². The second-order valence-corrected chi connectivity index (χ2v) is 5.76. The monoisotopic (exact) mass is 301 g/mol. The Morgan fingerprint density at radius 3 is 2.55 bits per heavy atom. The SMILES string of the molecule is CC(=O)NCC(C(=O)O)c1cccc(OS(C)(=O)=O)c1. The van der Waals surface area contributed by atoms with Crippen molar-refractivity contribution in [1.82, 2.24) is 5.32 Å². The zero-order chi connectivity index (χ0) is 15.3. The summed E-state index contributed by atoms with van der Waals surface area (Å²) in [7, 11) is -3.68. The van der Waals surface area contributed by atoms with Crippen molar-refractivity contribution >= 4 is 22.0 Å². The average Bonchev–Trinajstić information content (AvgIpc) is 2.26. The molecule has 0 saturated carbocycles. The van der Waals surface area contributed by atoms with Crippen LogP contribution >= 0.6 is 0 Å². The Kier molecular flexibility index (Phi) is 5.09. The van der Waals surface area contributed by atoms with Crippen LogP contribution in [0, 0.1) is 0 Å². The molecule has 0 spiro atoms. The van der Waals surface area contributed by atoms with Crippen LogP contribution in [0.1, 0.15) is 18.4 Å². The molecule has 0 saturated heterocycles. The molecule has 0 radical (unpaired) electrons. The number of aliphatic carboxylic acids is 1. The van der Waals surface area contributed by atoms with Crippen LogP contribution in [-0.4, -0.2) is 38.2 Å². The molecule has 0 heterocycles. The van der Waals surface area contributed by atoms with Crippen molar-refractivity contribution in [3.63, 3.8) is 0 Å². The number of nitrogens with one attached hydrogen (secondary N) is 1. The van der Waals surface area contributed by atoms with Gasteiger partial charge in [-0.2, -0.15) is 8.42 Å². The average molecular weight is 301 g/mol. The van der Waals surface area contributed by atoms with Gasteiger partial charge in [-0.3, -0.25) is 9.59 Å². The molecular formula is C12H15NO6S. The van der Waals surface area contributed by atoms with E-state index in [9.17, 15) is 18.0 Å². The molecule has 1 unspecified atom stereocenters. The lowest BCUT2D eigenvalue weighted by Crippen LogP contribution is -2.30. The minimum absolute atomic E-state index is 0.0269. The molecule has 0 aliphatic rings. The lowest BCUT2D eigenvalue weighted by Gasteiger charge is -2.14. The van der Waals surface area contributed by atoms with Crippen molar-refractivity contribution in [2.45, 2.75) is 12.8 Å². The summed E-state index contributed by atoms with van der Waals surface area (Å²) >= 11 is 0. The maximum atomic E-state index is 11.2. The van der Waals surface area contributed by atoms with Crippen molar-refractivity contribution < 1.29 is 27.3 Å². The van der Waals surface area contributed by atoms with Crippen LogP contribution < -0.4 is 9.50 Å². The predicted octanol–water partition coefficient (Wildman–Crippen LogP) is 0.329. The van der Waals surface area contributed by atoms with Crippen molar-refractivity contribution in [1.29, 1.82) is 0 Å². The molecule has 1 amide bonds. The van der Waals surface area contributed by atoms with E-state index in [1.807, 2.05) is 0 Å². The third-order valence-electron chi connectivity index (χ3n) is 2.36. The lowest BCUT2D eigenvalue weighted by atomic mass is 9.99. The molecule has 20 heavy (non-hydrogen) atoms. The van der Waals surface area contributed by atoms with E-state index in [2.05, 4.69) is 9.50 Å². The minimum atomic E-state index is -3.68. The maximum absolute atomic E-state index is 11.2. The van der Waals surface area contributed by atoms with Crippen molar-refractivity contribution in [3.05, 3.63) is 29.8 Å². The van der Waals surface area contributed by atoms with Gasteiger partial charge in [-0.05, 0) is 17.7 Å². The van der Waals surface area contributed by atoms with Crippen LogP contribution in [-0.2, 0) is 19.7 Å². The number of carbonyl (C=O) groups is 2. The number of hydrogen-bond donors (Lipinski definition) is 2. The van der Waals surface area contributed by atoms with E-state index in [-0.39, 0.29) is 18.2 Å². The Balaban J connectivity index is 2.99.